The highest BCUT2D eigenvalue weighted by Gasteiger charge is 2.21. The number of pyridine rings is 2. The van der Waals surface area contributed by atoms with Gasteiger partial charge in [0, 0.05) is 21.5 Å². The van der Waals surface area contributed by atoms with Crippen molar-refractivity contribution < 1.29 is 0 Å². The molecule has 0 N–H and O–H groups in total. The van der Waals surface area contributed by atoms with Gasteiger partial charge in [-0.2, -0.15) is 0 Å². The van der Waals surface area contributed by atoms with Crippen LogP contribution < -0.4 is 11.1 Å². The first-order valence-electron chi connectivity index (χ1n) is 14.5. The van der Waals surface area contributed by atoms with Gasteiger partial charge >= 0.3 is 0 Å². The Bertz CT molecular complexity index is 2550. The van der Waals surface area contributed by atoms with Gasteiger partial charge in [-0.15, -0.1) is 0 Å². The van der Waals surface area contributed by atoms with Crippen molar-refractivity contribution in [2.45, 2.75) is 0 Å². The summed E-state index contributed by atoms with van der Waals surface area (Å²) in [6, 6.07) is 47.4. The van der Waals surface area contributed by atoms with Gasteiger partial charge in [-0.3, -0.25) is 9.59 Å². The summed E-state index contributed by atoms with van der Waals surface area (Å²) in [6.45, 7) is 0. The van der Waals surface area contributed by atoms with Gasteiger partial charge in [0.25, 0.3) is 11.1 Å². The molecule has 0 radical (unpaired) electrons. The minimum absolute atomic E-state index is 0.278. The number of hydrogen-bond acceptors (Lipinski definition) is 2. The lowest BCUT2D eigenvalue weighted by Gasteiger charge is -2.19. The van der Waals surface area contributed by atoms with E-state index in [4.69, 9.17) is 0 Å². The number of benzene rings is 7. The van der Waals surface area contributed by atoms with Crippen LogP contribution in [-0.2, 0) is 0 Å². The van der Waals surface area contributed by atoms with Crippen LogP contribution in [0.1, 0.15) is 0 Å². The number of nitrogens with zero attached hydrogens (tertiary/aromatic N) is 1. The van der Waals surface area contributed by atoms with E-state index in [0.717, 1.165) is 43.4 Å². The van der Waals surface area contributed by atoms with Crippen LogP contribution in [0.3, 0.4) is 0 Å². The Morgan fingerprint density at radius 2 is 0.674 bits per heavy atom. The predicted molar refractivity (Wildman–Crippen MR) is 180 cm³/mol. The van der Waals surface area contributed by atoms with Crippen molar-refractivity contribution >= 4 is 59.4 Å². The van der Waals surface area contributed by atoms with Crippen molar-refractivity contribution in [1.82, 2.24) is 4.40 Å². The van der Waals surface area contributed by atoms with Crippen molar-refractivity contribution in [2.75, 3.05) is 0 Å². The van der Waals surface area contributed by atoms with Crippen molar-refractivity contribution in [3.8, 4) is 22.3 Å². The van der Waals surface area contributed by atoms with Crippen molar-refractivity contribution in [3.63, 3.8) is 0 Å². The fraction of sp³-hybridized carbons (Fsp3) is 0. The average Bonchev–Trinajstić information content (AvgIpc) is 3.07. The standard InChI is InChI=1S/C40H23NO2/c42-39-32-20-10-4-14-26(32)34-22-25(23-35-27-15-5-11-21-33(27)40(43)41(39)38(34)35)37-30-18-8-6-16-28(30)36(24-12-2-1-3-13-24)29-17-7-9-19-31(29)37/h1-23H. The summed E-state index contributed by atoms with van der Waals surface area (Å²) in [7, 11) is 0. The van der Waals surface area contributed by atoms with Crippen LogP contribution in [0.15, 0.2) is 149 Å². The SMILES string of the molecule is O=c1c2ccccc2c2cc(-c3c4ccccc4c(-c4ccccc4)c4ccccc34)cc3c4ccccc4c(=O)n1c23. The maximum atomic E-state index is 13.8. The summed E-state index contributed by atoms with van der Waals surface area (Å²) in [5.41, 5.74) is 4.70. The summed E-state index contributed by atoms with van der Waals surface area (Å²) in [4.78, 5) is 27.6. The molecule has 200 valence electrons. The molecular weight excluding hydrogens is 526 g/mol. The van der Waals surface area contributed by atoms with Gasteiger partial charge in [0.15, 0.2) is 0 Å². The molecule has 0 aliphatic rings. The lowest BCUT2D eigenvalue weighted by Crippen LogP contribution is -2.27. The first-order valence-corrected chi connectivity index (χ1v) is 14.5. The molecule has 3 heteroatoms. The van der Waals surface area contributed by atoms with E-state index < -0.39 is 0 Å². The molecule has 2 aromatic heterocycles. The minimum atomic E-state index is -0.278. The van der Waals surface area contributed by atoms with E-state index in [1.54, 1.807) is 0 Å². The van der Waals surface area contributed by atoms with Crippen LogP contribution in [0, 0.1) is 0 Å². The van der Waals surface area contributed by atoms with Crippen molar-refractivity contribution in [1.29, 1.82) is 0 Å². The van der Waals surface area contributed by atoms with E-state index in [9.17, 15) is 9.59 Å². The first kappa shape index (κ1) is 23.9. The number of rotatable bonds is 2. The normalized spacial score (nSPS) is 11.9. The quantitative estimate of drug-likeness (QED) is 0.159. The number of fused-ring (bicyclic) bond motifs is 6. The molecule has 43 heavy (non-hydrogen) atoms. The largest absolute Gasteiger partial charge is 0.268 e. The topological polar surface area (TPSA) is 38.5 Å². The summed E-state index contributed by atoms with van der Waals surface area (Å²) in [5.74, 6) is 0. The maximum Gasteiger partial charge on any atom is 0.266 e. The van der Waals surface area contributed by atoms with Crippen LogP contribution >= 0.6 is 0 Å². The predicted octanol–water partition coefficient (Wildman–Crippen LogP) is 9.20. The average molecular weight is 550 g/mol. The lowest BCUT2D eigenvalue weighted by molar-refractivity contribution is 1.09. The van der Waals surface area contributed by atoms with Crippen LogP contribution in [0.4, 0.5) is 0 Å². The molecular formula is C40H23NO2. The van der Waals surface area contributed by atoms with E-state index in [1.165, 1.54) is 26.3 Å². The van der Waals surface area contributed by atoms with Crippen LogP contribution in [0.25, 0.3) is 81.6 Å². The summed E-state index contributed by atoms with van der Waals surface area (Å²) >= 11 is 0. The third-order valence-electron chi connectivity index (χ3n) is 8.92. The molecule has 9 rings (SSSR count). The molecule has 0 fully saturated rings. The lowest BCUT2D eigenvalue weighted by atomic mass is 9.85. The Morgan fingerprint density at radius 1 is 0.326 bits per heavy atom. The van der Waals surface area contributed by atoms with E-state index in [-0.39, 0.29) is 11.1 Å². The summed E-state index contributed by atoms with van der Waals surface area (Å²) < 4.78 is 1.38. The molecule has 0 spiro atoms. The van der Waals surface area contributed by atoms with Gasteiger partial charge in [-0.05, 0) is 78.8 Å². The second-order valence-corrected chi connectivity index (χ2v) is 11.2. The van der Waals surface area contributed by atoms with Crippen molar-refractivity contribution in [2.24, 2.45) is 0 Å². The highest BCUT2D eigenvalue weighted by molar-refractivity contribution is 6.24. The van der Waals surface area contributed by atoms with Crippen LogP contribution in [0.2, 0.25) is 0 Å². The Hall–Kier alpha value is -5.80. The highest BCUT2D eigenvalue weighted by atomic mass is 16.2. The first-order chi connectivity index (χ1) is 21.2. The minimum Gasteiger partial charge on any atom is -0.268 e. The fourth-order valence-electron chi connectivity index (χ4n) is 7.13. The van der Waals surface area contributed by atoms with Gasteiger partial charge < -0.3 is 0 Å². The van der Waals surface area contributed by atoms with Gasteiger partial charge in [0.05, 0.1) is 5.52 Å². The third kappa shape index (κ3) is 3.25. The summed E-state index contributed by atoms with van der Waals surface area (Å²) in [6.07, 6.45) is 0. The molecule has 0 aliphatic carbocycles. The Kier molecular flexibility index (Phi) is 4.91. The van der Waals surface area contributed by atoms with Gasteiger partial charge in [0.1, 0.15) is 0 Å². The van der Waals surface area contributed by atoms with Gasteiger partial charge in [0.2, 0.25) is 0 Å². The molecule has 0 saturated carbocycles. The molecule has 0 bridgehead atoms. The van der Waals surface area contributed by atoms with Gasteiger partial charge in [-0.1, -0.05) is 115 Å². The van der Waals surface area contributed by atoms with Crippen LogP contribution in [-0.4, -0.2) is 4.40 Å². The fourth-order valence-corrected chi connectivity index (χ4v) is 7.13. The zero-order valence-electron chi connectivity index (χ0n) is 23.0. The molecule has 0 aliphatic heterocycles. The molecule has 0 amide bonds. The Balaban J connectivity index is 1.54. The van der Waals surface area contributed by atoms with E-state index in [1.807, 2.05) is 48.5 Å². The zero-order valence-corrected chi connectivity index (χ0v) is 23.0. The highest BCUT2D eigenvalue weighted by Crippen LogP contribution is 2.45. The number of hydrogen-bond donors (Lipinski definition) is 0. The Labute approximate surface area is 245 Å². The van der Waals surface area contributed by atoms with Crippen LogP contribution in [0.5, 0.6) is 0 Å². The molecule has 2 heterocycles. The molecule has 0 saturated heterocycles. The molecule has 7 aromatic carbocycles. The number of aromatic nitrogens is 1. The Morgan fingerprint density at radius 3 is 1.12 bits per heavy atom. The molecule has 9 aromatic rings. The monoisotopic (exact) mass is 549 g/mol. The van der Waals surface area contributed by atoms with Crippen molar-refractivity contribution in [3.05, 3.63) is 160 Å². The summed E-state index contributed by atoms with van der Waals surface area (Å²) in [5, 5.41) is 9.25. The smallest absolute Gasteiger partial charge is 0.266 e. The zero-order chi connectivity index (χ0) is 28.7. The molecule has 3 nitrogen and oxygen atoms in total. The van der Waals surface area contributed by atoms with E-state index in [0.29, 0.717) is 16.3 Å². The van der Waals surface area contributed by atoms with E-state index >= 15 is 0 Å². The maximum absolute atomic E-state index is 13.8. The molecule has 0 atom stereocenters. The third-order valence-corrected chi connectivity index (χ3v) is 8.92. The second kappa shape index (κ2) is 8.85. The molecule has 0 unspecified atom stereocenters. The second-order valence-electron chi connectivity index (χ2n) is 11.2. The van der Waals surface area contributed by atoms with E-state index in [2.05, 4.69) is 91.0 Å². The van der Waals surface area contributed by atoms with Gasteiger partial charge in [-0.25, -0.2) is 4.40 Å².